The van der Waals surface area contributed by atoms with Gasteiger partial charge < -0.3 is 20.1 Å². The standard InChI is InChI=1S/C18H26N2O4/c21-17(22)16-8-4-11-20(14-16)18(23)19-10-5-12-24-13-9-15-6-2-1-3-7-15/h1-3,6-7,16H,4-5,8-14H2,(H,19,23)(H,21,22). The Morgan fingerprint density at radius 1 is 1.25 bits per heavy atom. The van der Waals surface area contributed by atoms with Crippen LogP contribution in [-0.4, -0.2) is 54.9 Å². The predicted octanol–water partition coefficient (Wildman–Crippen LogP) is 2.14. The lowest BCUT2D eigenvalue weighted by Crippen LogP contribution is -2.47. The molecule has 1 saturated heterocycles. The monoisotopic (exact) mass is 334 g/mol. The van der Waals surface area contributed by atoms with E-state index in [0.717, 1.165) is 19.3 Å². The Bertz CT molecular complexity index is 521. The van der Waals surface area contributed by atoms with Gasteiger partial charge in [-0.2, -0.15) is 0 Å². The second kappa shape index (κ2) is 9.93. The third kappa shape index (κ3) is 6.20. The molecule has 0 spiro atoms. The van der Waals surface area contributed by atoms with Crippen LogP contribution in [0.4, 0.5) is 4.79 Å². The van der Waals surface area contributed by atoms with Gasteiger partial charge in [0.1, 0.15) is 0 Å². The number of hydrogen-bond acceptors (Lipinski definition) is 3. The zero-order chi connectivity index (χ0) is 17.2. The van der Waals surface area contributed by atoms with Crippen LogP contribution in [0.2, 0.25) is 0 Å². The van der Waals surface area contributed by atoms with E-state index in [9.17, 15) is 9.59 Å². The van der Waals surface area contributed by atoms with Gasteiger partial charge in [0.2, 0.25) is 0 Å². The summed E-state index contributed by atoms with van der Waals surface area (Å²) in [6.07, 6.45) is 3.02. The molecule has 1 atom stereocenters. The van der Waals surface area contributed by atoms with Gasteiger partial charge in [0.15, 0.2) is 0 Å². The lowest BCUT2D eigenvalue weighted by atomic mass is 9.99. The first kappa shape index (κ1) is 18.3. The molecule has 1 aromatic carbocycles. The molecule has 0 bridgehead atoms. The van der Waals surface area contributed by atoms with E-state index in [1.807, 2.05) is 18.2 Å². The Morgan fingerprint density at radius 2 is 2.04 bits per heavy atom. The third-order valence-corrected chi connectivity index (χ3v) is 4.18. The number of amides is 2. The summed E-state index contributed by atoms with van der Waals surface area (Å²) in [6.45, 7) is 2.74. The molecule has 24 heavy (non-hydrogen) atoms. The second-order valence-electron chi connectivity index (χ2n) is 6.06. The van der Waals surface area contributed by atoms with Crippen molar-refractivity contribution in [3.8, 4) is 0 Å². The quantitative estimate of drug-likeness (QED) is 0.714. The summed E-state index contributed by atoms with van der Waals surface area (Å²) in [6, 6.07) is 10.00. The van der Waals surface area contributed by atoms with Crippen LogP contribution >= 0.6 is 0 Å². The number of ether oxygens (including phenoxy) is 1. The summed E-state index contributed by atoms with van der Waals surface area (Å²) in [5.41, 5.74) is 1.25. The van der Waals surface area contributed by atoms with Gasteiger partial charge in [-0.15, -0.1) is 0 Å². The molecule has 2 amide bonds. The minimum Gasteiger partial charge on any atom is -0.481 e. The zero-order valence-corrected chi connectivity index (χ0v) is 13.9. The molecule has 0 radical (unpaired) electrons. The highest BCUT2D eigenvalue weighted by Gasteiger charge is 2.27. The zero-order valence-electron chi connectivity index (χ0n) is 13.9. The van der Waals surface area contributed by atoms with Crippen molar-refractivity contribution in [2.24, 2.45) is 5.92 Å². The number of benzene rings is 1. The third-order valence-electron chi connectivity index (χ3n) is 4.18. The number of hydrogen-bond donors (Lipinski definition) is 2. The maximum absolute atomic E-state index is 12.0. The van der Waals surface area contributed by atoms with Crippen molar-refractivity contribution < 1.29 is 19.4 Å². The van der Waals surface area contributed by atoms with Gasteiger partial charge in [0.25, 0.3) is 0 Å². The van der Waals surface area contributed by atoms with Gasteiger partial charge in [-0.3, -0.25) is 4.79 Å². The summed E-state index contributed by atoms with van der Waals surface area (Å²) in [5.74, 6) is -1.26. The van der Waals surface area contributed by atoms with Crippen molar-refractivity contribution >= 4 is 12.0 Å². The maximum Gasteiger partial charge on any atom is 0.317 e. The molecule has 1 aliphatic heterocycles. The summed E-state index contributed by atoms with van der Waals surface area (Å²) in [7, 11) is 0. The van der Waals surface area contributed by atoms with Crippen molar-refractivity contribution in [2.75, 3.05) is 32.8 Å². The second-order valence-corrected chi connectivity index (χ2v) is 6.06. The minimum atomic E-state index is -0.820. The summed E-state index contributed by atoms with van der Waals surface area (Å²) < 4.78 is 5.57. The lowest BCUT2D eigenvalue weighted by molar-refractivity contribution is -0.143. The van der Waals surface area contributed by atoms with E-state index < -0.39 is 11.9 Å². The molecule has 0 aliphatic carbocycles. The molecule has 132 valence electrons. The van der Waals surface area contributed by atoms with Crippen LogP contribution < -0.4 is 5.32 Å². The van der Waals surface area contributed by atoms with Crippen molar-refractivity contribution in [2.45, 2.75) is 25.7 Å². The molecule has 1 heterocycles. The first-order chi connectivity index (χ1) is 11.7. The van der Waals surface area contributed by atoms with Gasteiger partial charge in [0, 0.05) is 26.2 Å². The topological polar surface area (TPSA) is 78.9 Å². The Kier molecular flexibility index (Phi) is 7.55. The largest absolute Gasteiger partial charge is 0.481 e. The van der Waals surface area contributed by atoms with Crippen molar-refractivity contribution in [1.29, 1.82) is 0 Å². The van der Waals surface area contributed by atoms with Crippen LogP contribution in [0, 0.1) is 5.92 Å². The van der Waals surface area contributed by atoms with Crippen molar-refractivity contribution in [3.05, 3.63) is 35.9 Å². The Labute approximate surface area is 142 Å². The molecule has 2 rings (SSSR count). The van der Waals surface area contributed by atoms with Gasteiger partial charge >= 0.3 is 12.0 Å². The first-order valence-corrected chi connectivity index (χ1v) is 8.54. The number of urea groups is 1. The van der Waals surface area contributed by atoms with E-state index in [0.29, 0.717) is 39.3 Å². The number of carboxylic acids is 1. The number of aliphatic carboxylic acids is 1. The molecular weight excluding hydrogens is 308 g/mol. The van der Waals surface area contributed by atoms with Crippen molar-refractivity contribution in [3.63, 3.8) is 0 Å². The summed E-state index contributed by atoms with van der Waals surface area (Å²) >= 11 is 0. The number of nitrogens with one attached hydrogen (secondary N) is 1. The number of carbonyl (C=O) groups is 2. The van der Waals surface area contributed by atoms with E-state index in [1.54, 1.807) is 4.90 Å². The molecule has 0 saturated carbocycles. The lowest BCUT2D eigenvalue weighted by Gasteiger charge is -2.30. The Morgan fingerprint density at radius 3 is 2.79 bits per heavy atom. The highest BCUT2D eigenvalue weighted by Crippen LogP contribution is 2.16. The van der Waals surface area contributed by atoms with Crippen molar-refractivity contribution in [1.82, 2.24) is 10.2 Å². The van der Waals surface area contributed by atoms with Crippen LogP contribution in [0.5, 0.6) is 0 Å². The number of piperidine rings is 1. The van der Waals surface area contributed by atoms with E-state index in [1.165, 1.54) is 5.56 Å². The fraction of sp³-hybridized carbons (Fsp3) is 0.556. The Hall–Kier alpha value is -2.08. The predicted molar refractivity (Wildman–Crippen MR) is 90.9 cm³/mol. The van der Waals surface area contributed by atoms with E-state index >= 15 is 0 Å². The van der Waals surface area contributed by atoms with E-state index in [-0.39, 0.29) is 6.03 Å². The molecule has 0 aromatic heterocycles. The van der Waals surface area contributed by atoms with E-state index in [4.69, 9.17) is 9.84 Å². The fourth-order valence-electron chi connectivity index (χ4n) is 2.78. The SMILES string of the molecule is O=C(O)C1CCCN(C(=O)NCCCOCCc2ccccc2)C1. The summed E-state index contributed by atoms with van der Waals surface area (Å²) in [5, 5.41) is 11.9. The molecule has 1 fully saturated rings. The van der Waals surface area contributed by atoms with Gasteiger partial charge in [0.05, 0.1) is 12.5 Å². The summed E-state index contributed by atoms with van der Waals surface area (Å²) in [4.78, 5) is 24.6. The van der Waals surface area contributed by atoms with Gasteiger partial charge in [-0.1, -0.05) is 30.3 Å². The highest BCUT2D eigenvalue weighted by atomic mass is 16.5. The number of rotatable bonds is 8. The van der Waals surface area contributed by atoms with Gasteiger partial charge in [-0.25, -0.2) is 4.79 Å². The minimum absolute atomic E-state index is 0.176. The van der Waals surface area contributed by atoms with Gasteiger partial charge in [-0.05, 0) is 31.2 Å². The first-order valence-electron chi connectivity index (χ1n) is 8.54. The Balaban J connectivity index is 1.52. The molecule has 2 N–H and O–H groups in total. The molecule has 6 heteroatoms. The molecule has 1 aliphatic rings. The van der Waals surface area contributed by atoms with E-state index in [2.05, 4.69) is 17.4 Å². The van der Waals surface area contributed by atoms with Crippen LogP contribution in [0.15, 0.2) is 30.3 Å². The normalized spacial score (nSPS) is 17.5. The van der Waals surface area contributed by atoms with Crippen LogP contribution in [0.25, 0.3) is 0 Å². The smallest absolute Gasteiger partial charge is 0.317 e. The maximum atomic E-state index is 12.0. The number of likely N-dealkylation sites (tertiary alicyclic amines) is 1. The molecule has 1 unspecified atom stereocenters. The average molecular weight is 334 g/mol. The van der Waals surface area contributed by atoms with Crippen LogP contribution in [0.3, 0.4) is 0 Å². The number of carboxylic acid groups (broad SMARTS) is 1. The fourth-order valence-corrected chi connectivity index (χ4v) is 2.78. The highest BCUT2D eigenvalue weighted by molar-refractivity contribution is 5.76. The van der Waals surface area contributed by atoms with Crippen LogP contribution in [-0.2, 0) is 16.0 Å². The molecular formula is C18H26N2O4. The van der Waals surface area contributed by atoms with Crippen LogP contribution in [0.1, 0.15) is 24.8 Å². The number of carbonyl (C=O) groups excluding carboxylic acids is 1. The molecule has 1 aromatic rings. The average Bonchev–Trinajstić information content (AvgIpc) is 2.61. The number of nitrogens with zero attached hydrogens (tertiary/aromatic N) is 1. The molecule has 6 nitrogen and oxygen atoms in total.